The summed E-state index contributed by atoms with van der Waals surface area (Å²) in [6.07, 6.45) is 0.858. The fourth-order valence-corrected chi connectivity index (χ4v) is 4.08. The molecule has 0 radical (unpaired) electrons. The first-order valence-corrected chi connectivity index (χ1v) is 10.9. The van der Waals surface area contributed by atoms with Crippen molar-refractivity contribution in [2.45, 2.75) is 19.4 Å². The van der Waals surface area contributed by atoms with Crippen LogP contribution in [0.15, 0.2) is 51.7 Å². The predicted octanol–water partition coefficient (Wildman–Crippen LogP) is 2.38. The molecule has 33 heavy (non-hydrogen) atoms. The van der Waals surface area contributed by atoms with Crippen LogP contribution in [0.4, 0.5) is 0 Å². The molecule has 9 nitrogen and oxygen atoms in total. The number of aryl methyl sites for hydroxylation is 1. The molecular weight excluding hydrogens is 426 g/mol. The number of carbonyl (C=O) groups is 2. The normalized spacial score (nSPS) is 13.9. The zero-order valence-corrected chi connectivity index (χ0v) is 18.8. The summed E-state index contributed by atoms with van der Waals surface area (Å²) in [7, 11) is 3.07. The van der Waals surface area contributed by atoms with Crippen molar-refractivity contribution in [1.29, 1.82) is 0 Å². The third-order valence-electron chi connectivity index (χ3n) is 5.90. The van der Waals surface area contributed by atoms with Crippen LogP contribution in [0.2, 0.25) is 0 Å². The quantitative estimate of drug-likeness (QED) is 0.545. The number of hydrogen-bond acceptors (Lipinski definition) is 6. The molecule has 9 heteroatoms. The predicted molar refractivity (Wildman–Crippen MR) is 122 cm³/mol. The van der Waals surface area contributed by atoms with Crippen LogP contribution in [0.25, 0.3) is 11.1 Å². The second-order valence-corrected chi connectivity index (χ2v) is 7.83. The molecule has 2 aromatic carbocycles. The molecule has 1 aliphatic rings. The second-order valence-electron chi connectivity index (χ2n) is 7.83. The maximum absolute atomic E-state index is 13.0. The largest absolute Gasteiger partial charge is 0.497 e. The molecule has 0 atom stereocenters. The van der Waals surface area contributed by atoms with E-state index in [0.29, 0.717) is 68.2 Å². The first-order valence-electron chi connectivity index (χ1n) is 10.9. The first kappa shape index (κ1) is 22.4. The van der Waals surface area contributed by atoms with Crippen molar-refractivity contribution in [2.24, 2.45) is 0 Å². The Balaban J connectivity index is 1.30. The highest BCUT2D eigenvalue weighted by Crippen LogP contribution is 2.26. The summed E-state index contributed by atoms with van der Waals surface area (Å²) in [5.41, 5.74) is 1.75. The van der Waals surface area contributed by atoms with Crippen molar-refractivity contribution in [3.63, 3.8) is 0 Å². The van der Waals surface area contributed by atoms with E-state index in [4.69, 9.17) is 13.9 Å². The number of benzene rings is 2. The highest BCUT2D eigenvalue weighted by Gasteiger charge is 2.26. The van der Waals surface area contributed by atoms with Gasteiger partial charge in [-0.15, -0.1) is 0 Å². The van der Waals surface area contributed by atoms with Gasteiger partial charge < -0.3 is 23.7 Å². The molecule has 1 fully saturated rings. The lowest BCUT2D eigenvalue weighted by Gasteiger charge is -2.35. The van der Waals surface area contributed by atoms with E-state index < -0.39 is 5.76 Å². The highest BCUT2D eigenvalue weighted by molar-refractivity contribution is 5.97. The molecule has 1 saturated heterocycles. The van der Waals surface area contributed by atoms with E-state index in [1.807, 2.05) is 18.2 Å². The summed E-state index contributed by atoms with van der Waals surface area (Å²) >= 11 is 0. The minimum Gasteiger partial charge on any atom is -0.497 e. The van der Waals surface area contributed by atoms with E-state index in [0.717, 1.165) is 5.52 Å². The van der Waals surface area contributed by atoms with Gasteiger partial charge in [0, 0.05) is 45.2 Å². The maximum atomic E-state index is 13.0. The summed E-state index contributed by atoms with van der Waals surface area (Å²) in [5, 5.41) is 0. The number of nitrogens with zero attached hydrogens (tertiary/aromatic N) is 3. The lowest BCUT2D eigenvalue weighted by Crippen LogP contribution is -2.50. The van der Waals surface area contributed by atoms with Crippen LogP contribution in [0.3, 0.4) is 0 Å². The van der Waals surface area contributed by atoms with E-state index in [1.165, 1.54) is 7.11 Å². The molecule has 4 rings (SSSR count). The summed E-state index contributed by atoms with van der Waals surface area (Å²) < 4.78 is 17.3. The number of fused-ring (bicyclic) bond motifs is 1. The van der Waals surface area contributed by atoms with E-state index >= 15 is 0 Å². The standard InChI is InChI=1S/C24H27N3O6/c1-31-17-9-10-18(21(16-17)32-2)23(29)26-14-12-25(13-15-26)22(28)8-5-11-27-19-6-3-4-7-20(19)33-24(27)30/h3-4,6-7,9-10,16H,5,8,11-15H2,1-2H3. The summed E-state index contributed by atoms with van der Waals surface area (Å²) in [4.78, 5) is 41.2. The van der Waals surface area contributed by atoms with Crippen molar-refractivity contribution < 1.29 is 23.5 Å². The lowest BCUT2D eigenvalue weighted by molar-refractivity contribution is -0.132. The number of para-hydroxylation sites is 2. The smallest absolute Gasteiger partial charge is 0.419 e. The number of methoxy groups -OCH3 is 2. The average molecular weight is 453 g/mol. The third kappa shape index (κ3) is 4.72. The minimum atomic E-state index is -0.412. The van der Waals surface area contributed by atoms with Gasteiger partial charge in [0.15, 0.2) is 5.58 Å². The van der Waals surface area contributed by atoms with Crippen molar-refractivity contribution in [1.82, 2.24) is 14.4 Å². The van der Waals surface area contributed by atoms with Crippen LogP contribution in [0.5, 0.6) is 11.5 Å². The molecule has 0 bridgehead atoms. The van der Waals surface area contributed by atoms with E-state index in [9.17, 15) is 14.4 Å². The van der Waals surface area contributed by atoms with E-state index in [1.54, 1.807) is 45.7 Å². The minimum absolute atomic E-state index is 0.0185. The Morgan fingerprint density at radius 1 is 0.970 bits per heavy atom. The van der Waals surface area contributed by atoms with Crippen molar-refractivity contribution in [2.75, 3.05) is 40.4 Å². The van der Waals surface area contributed by atoms with Gasteiger partial charge in [-0.25, -0.2) is 4.79 Å². The monoisotopic (exact) mass is 453 g/mol. The Kier molecular flexibility index (Phi) is 6.67. The fraction of sp³-hybridized carbons (Fsp3) is 0.375. The molecule has 174 valence electrons. The highest BCUT2D eigenvalue weighted by atomic mass is 16.5. The average Bonchev–Trinajstić information content (AvgIpc) is 3.18. The second kappa shape index (κ2) is 9.81. The van der Waals surface area contributed by atoms with Gasteiger partial charge in [0.05, 0.1) is 25.3 Å². The SMILES string of the molecule is COc1ccc(C(=O)N2CCN(C(=O)CCCn3c(=O)oc4ccccc43)CC2)c(OC)c1. The van der Waals surface area contributed by atoms with Crippen LogP contribution >= 0.6 is 0 Å². The van der Waals surface area contributed by atoms with E-state index in [2.05, 4.69) is 0 Å². The molecule has 2 heterocycles. The van der Waals surface area contributed by atoms with Gasteiger partial charge in [0.25, 0.3) is 5.91 Å². The van der Waals surface area contributed by atoms with Crippen LogP contribution in [0.1, 0.15) is 23.2 Å². The number of rotatable bonds is 7. The lowest BCUT2D eigenvalue weighted by atomic mass is 10.1. The Labute approximate surface area is 191 Å². The Morgan fingerprint density at radius 2 is 1.70 bits per heavy atom. The van der Waals surface area contributed by atoms with E-state index in [-0.39, 0.29) is 11.8 Å². The number of aromatic nitrogens is 1. The van der Waals surface area contributed by atoms with Gasteiger partial charge in [-0.2, -0.15) is 0 Å². The number of carbonyl (C=O) groups excluding carboxylic acids is 2. The zero-order chi connectivity index (χ0) is 23.4. The topological polar surface area (TPSA) is 94.2 Å². The van der Waals surface area contributed by atoms with Crippen LogP contribution in [-0.4, -0.2) is 66.6 Å². The van der Waals surface area contributed by atoms with Gasteiger partial charge in [0.1, 0.15) is 11.5 Å². The van der Waals surface area contributed by atoms with Gasteiger partial charge in [-0.3, -0.25) is 14.2 Å². The van der Waals surface area contributed by atoms with Gasteiger partial charge in [-0.1, -0.05) is 12.1 Å². The molecule has 1 aliphatic heterocycles. The molecule has 0 unspecified atom stereocenters. The fourth-order valence-electron chi connectivity index (χ4n) is 4.08. The van der Waals surface area contributed by atoms with Crippen molar-refractivity contribution in [3.05, 3.63) is 58.6 Å². The number of amides is 2. The molecular formula is C24H27N3O6. The summed E-state index contributed by atoms with van der Waals surface area (Å²) in [5.74, 6) is 0.548. The summed E-state index contributed by atoms with van der Waals surface area (Å²) in [6, 6.07) is 12.3. The van der Waals surface area contributed by atoms with Crippen molar-refractivity contribution >= 4 is 22.9 Å². The number of hydrogen-bond donors (Lipinski definition) is 0. The van der Waals surface area contributed by atoms with Crippen LogP contribution < -0.4 is 15.2 Å². The summed E-state index contributed by atoms with van der Waals surface area (Å²) in [6.45, 7) is 2.25. The maximum Gasteiger partial charge on any atom is 0.419 e. The number of ether oxygens (including phenoxy) is 2. The van der Waals surface area contributed by atoms with Gasteiger partial charge in [0.2, 0.25) is 5.91 Å². The molecule has 0 spiro atoms. The number of piperazine rings is 1. The molecule has 0 N–H and O–H groups in total. The Hall–Kier alpha value is -3.75. The Morgan fingerprint density at radius 3 is 2.42 bits per heavy atom. The van der Waals surface area contributed by atoms with Crippen molar-refractivity contribution in [3.8, 4) is 11.5 Å². The molecule has 0 saturated carbocycles. The zero-order valence-electron chi connectivity index (χ0n) is 18.8. The molecule has 1 aromatic heterocycles. The van der Waals surface area contributed by atoms with Gasteiger partial charge >= 0.3 is 5.76 Å². The van der Waals surface area contributed by atoms with Gasteiger partial charge in [-0.05, 0) is 30.7 Å². The molecule has 0 aliphatic carbocycles. The Bertz CT molecular complexity index is 1210. The first-order chi connectivity index (χ1) is 16.0. The van der Waals surface area contributed by atoms with Crippen LogP contribution in [-0.2, 0) is 11.3 Å². The third-order valence-corrected chi connectivity index (χ3v) is 5.90. The molecule has 3 aromatic rings. The number of oxazole rings is 1. The molecule has 2 amide bonds. The van der Waals surface area contributed by atoms with Crippen LogP contribution in [0, 0.1) is 0 Å².